The third-order valence-electron chi connectivity index (χ3n) is 1.02. The van der Waals surface area contributed by atoms with Gasteiger partial charge in [-0.3, -0.25) is 15.5 Å². The van der Waals surface area contributed by atoms with Crippen molar-refractivity contribution in [2.75, 3.05) is 13.6 Å². The number of nitrogens with two attached hydrogens (primary N) is 2. The van der Waals surface area contributed by atoms with Crippen molar-refractivity contribution in [2.45, 2.75) is 0 Å². The van der Waals surface area contributed by atoms with E-state index in [1.54, 1.807) is 11.9 Å². The van der Waals surface area contributed by atoms with E-state index in [1.807, 2.05) is 0 Å². The summed E-state index contributed by atoms with van der Waals surface area (Å²) in [6.45, 7) is 0.318. The fraction of sp³-hybridized carbons (Fsp3) is 0.400. The average molecular weight is 215 g/mol. The van der Waals surface area contributed by atoms with Gasteiger partial charge in [0.2, 0.25) is 5.91 Å². The van der Waals surface area contributed by atoms with Crippen molar-refractivity contribution < 1.29 is 9.59 Å². The number of amides is 3. The molecule has 72 valence electrons. The van der Waals surface area contributed by atoms with E-state index in [-0.39, 0.29) is 49.6 Å². The number of nitrogens with zero attached hydrogens (tertiary/aromatic N) is 1. The van der Waals surface area contributed by atoms with E-state index in [4.69, 9.17) is 10.2 Å². The Morgan fingerprint density at radius 1 is 1.62 bits per heavy atom. The number of carbonyl (C=O) groups is 2. The van der Waals surface area contributed by atoms with Gasteiger partial charge in [0.15, 0.2) is 5.96 Å². The van der Waals surface area contributed by atoms with Crippen molar-refractivity contribution >= 4 is 55.6 Å². The number of carbonyl (C=O) groups excluding carboxylic acids is 2. The standard InChI is InChI=1S/C4H7N3O.CH4N2O.Ca.2H/c1-7-2-3(8)6-4(7)5;2-1(3)4;;;/h2H2,1H3,(H2,5,6,8);(H4,2,3,4);;;. The SMILES string of the molecule is CN1CC(=O)NC1=N.NC(N)=O.[CaH2]. The molecule has 0 aliphatic carbocycles. The Labute approximate surface area is 105 Å². The van der Waals surface area contributed by atoms with Gasteiger partial charge in [-0.05, 0) is 0 Å². The van der Waals surface area contributed by atoms with Gasteiger partial charge in [-0.1, -0.05) is 0 Å². The summed E-state index contributed by atoms with van der Waals surface area (Å²) in [7, 11) is 1.69. The molecule has 0 aromatic heterocycles. The molecule has 0 aromatic rings. The minimum atomic E-state index is -0.833. The molecule has 8 heteroatoms. The second-order valence-corrected chi connectivity index (χ2v) is 2.16. The molecular formula is C5H13CaN5O2. The van der Waals surface area contributed by atoms with E-state index in [1.165, 1.54) is 0 Å². The fourth-order valence-corrected chi connectivity index (χ4v) is 0.561. The first kappa shape index (κ1) is 15.0. The maximum atomic E-state index is 10.4. The van der Waals surface area contributed by atoms with Crippen LogP contribution in [0.1, 0.15) is 0 Å². The molecule has 3 amide bonds. The summed E-state index contributed by atoms with van der Waals surface area (Å²) < 4.78 is 0. The molecule has 1 aliphatic rings. The number of guanidine groups is 1. The zero-order chi connectivity index (χ0) is 9.72. The quantitative estimate of drug-likeness (QED) is 0.324. The first-order chi connectivity index (χ1) is 5.43. The molecule has 0 unspecified atom stereocenters. The molecule has 1 saturated heterocycles. The fourth-order valence-electron chi connectivity index (χ4n) is 0.561. The van der Waals surface area contributed by atoms with E-state index < -0.39 is 6.03 Å². The second kappa shape index (κ2) is 6.93. The molecular weight excluding hydrogens is 202 g/mol. The molecule has 0 spiro atoms. The Balaban J connectivity index is 0. The summed E-state index contributed by atoms with van der Waals surface area (Å²) in [6, 6.07) is -0.833. The van der Waals surface area contributed by atoms with Gasteiger partial charge in [-0.25, -0.2) is 4.79 Å². The van der Waals surface area contributed by atoms with Gasteiger partial charge in [-0.15, -0.1) is 0 Å². The van der Waals surface area contributed by atoms with E-state index >= 15 is 0 Å². The minimum absolute atomic E-state index is 0. The van der Waals surface area contributed by atoms with Gasteiger partial charge in [0, 0.05) is 7.05 Å². The van der Waals surface area contributed by atoms with Crippen molar-refractivity contribution in [3.05, 3.63) is 0 Å². The first-order valence-corrected chi connectivity index (χ1v) is 3.08. The number of nitrogens with one attached hydrogen (secondary N) is 2. The normalized spacial score (nSPS) is 13.8. The van der Waals surface area contributed by atoms with Crippen LogP contribution in [0.4, 0.5) is 4.79 Å². The molecule has 0 aromatic carbocycles. The number of hydrogen-bond acceptors (Lipinski definition) is 3. The Hall–Kier alpha value is -0.530. The van der Waals surface area contributed by atoms with E-state index in [9.17, 15) is 4.79 Å². The number of hydrogen-bond donors (Lipinski definition) is 4. The van der Waals surface area contributed by atoms with Gasteiger partial charge in [0.1, 0.15) is 0 Å². The van der Waals surface area contributed by atoms with E-state index in [2.05, 4.69) is 16.8 Å². The predicted octanol–water partition coefficient (Wildman–Crippen LogP) is -2.91. The molecule has 1 rings (SSSR count). The second-order valence-electron chi connectivity index (χ2n) is 2.16. The summed E-state index contributed by atoms with van der Waals surface area (Å²) >= 11 is 0. The number of urea groups is 1. The number of likely N-dealkylation sites (N-methyl/N-ethyl adjacent to an activating group) is 1. The van der Waals surface area contributed by atoms with Crippen LogP contribution in [-0.2, 0) is 4.79 Å². The Morgan fingerprint density at radius 3 is 2.08 bits per heavy atom. The predicted molar refractivity (Wildman–Crippen MR) is 50.8 cm³/mol. The molecule has 7 nitrogen and oxygen atoms in total. The van der Waals surface area contributed by atoms with Crippen molar-refractivity contribution in [2.24, 2.45) is 11.5 Å². The average Bonchev–Trinajstić information content (AvgIpc) is 2.08. The summed E-state index contributed by atoms with van der Waals surface area (Å²) in [4.78, 5) is 20.9. The van der Waals surface area contributed by atoms with E-state index in [0.717, 1.165) is 0 Å². The van der Waals surface area contributed by atoms with Crippen LogP contribution < -0.4 is 16.8 Å². The molecule has 0 atom stereocenters. The van der Waals surface area contributed by atoms with E-state index in [0.29, 0.717) is 6.54 Å². The molecule has 0 saturated carbocycles. The van der Waals surface area contributed by atoms with Crippen molar-refractivity contribution in [1.29, 1.82) is 5.41 Å². The Morgan fingerprint density at radius 2 is 2.00 bits per heavy atom. The molecule has 0 radical (unpaired) electrons. The van der Waals surface area contributed by atoms with Gasteiger partial charge in [0.25, 0.3) is 0 Å². The van der Waals surface area contributed by atoms with Crippen LogP contribution in [0.3, 0.4) is 0 Å². The maximum absolute atomic E-state index is 10.4. The Kier molecular flexibility index (Phi) is 7.98. The molecule has 6 N–H and O–H groups in total. The van der Waals surface area contributed by atoms with Crippen LogP contribution in [0.25, 0.3) is 0 Å². The third kappa shape index (κ3) is 7.82. The van der Waals surface area contributed by atoms with Gasteiger partial charge in [-0.2, -0.15) is 0 Å². The van der Waals surface area contributed by atoms with Crippen molar-refractivity contribution in [3.8, 4) is 0 Å². The van der Waals surface area contributed by atoms with Crippen molar-refractivity contribution in [1.82, 2.24) is 10.2 Å². The molecule has 1 heterocycles. The van der Waals surface area contributed by atoms with Gasteiger partial charge < -0.3 is 16.4 Å². The van der Waals surface area contributed by atoms with Crippen LogP contribution in [0, 0.1) is 5.41 Å². The summed E-state index contributed by atoms with van der Waals surface area (Å²) in [6.07, 6.45) is 0. The summed E-state index contributed by atoms with van der Waals surface area (Å²) in [5.41, 5.74) is 8.50. The van der Waals surface area contributed by atoms with Gasteiger partial charge >= 0.3 is 43.8 Å². The van der Waals surface area contributed by atoms with Crippen LogP contribution in [0.5, 0.6) is 0 Å². The third-order valence-corrected chi connectivity index (χ3v) is 1.02. The zero-order valence-electron chi connectivity index (χ0n) is 6.63. The summed E-state index contributed by atoms with van der Waals surface area (Å²) in [5, 5.41) is 9.32. The van der Waals surface area contributed by atoms with Crippen LogP contribution in [-0.4, -0.2) is 74.1 Å². The number of rotatable bonds is 0. The van der Waals surface area contributed by atoms with Crippen LogP contribution in [0.15, 0.2) is 0 Å². The molecule has 1 fully saturated rings. The monoisotopic (exact) mass is 215 g/mol. The molecule has 0 bridgehead atoms. The Bertz CT molecular complexity index is 215. The molecule has 1 aliphatic heterocycles. The van der Waals surface area contributed by atoms with Gasteiger partial charge in [0.05, 0.1) is 6.54 Å². The zero-order valence-corrected chi connectivity index (χ0v) is 6.63. The van der Waals surface area contributed by atoms with Crippen LogP contribution in [0.2, 0.25) is 0 Å². The topological polar surface area (TPSA) is 125 Å². The first-order valence-electron chi connectivity index (χ1n) is 3.08. The number of primary amides is 2. The summed E-state index contributed by atoms with van der Waals surface area (Å²) in [5.74, 6) is 0.0903. The van der Waals surface area contributed by atoms with Crippen molar-refractivity contribution in [3.63, 3.8) is 0 Å². The molecule has 13 heavy (non-hydrogen) atoms. The van der Waals surface area contributed by atoms with Crippen LogP contribution >= 0.6 is 0 Å².